The van der Waals surface area contributed by atoms with Gasteiger partial charge in [0.15, 0.2) is 0 Å². The van der Waals surface area contributed by atoms with Crippen LogP contribution in [0.3, 0.4) is 0 Å². The van der Waals surface area contributed by atoms with E-state index in [1.807, 2.05) is 0 Å². The van der Waals surface area contributed by atoms with Crippen LogP contribution in [0.1, 0.15) is 33.6 Å². The second-order valence-corrected chi connectivity index (χ2v) is 7.57. The van der Waals surface area contributed by atoms with Crippen LogP contribution in [0, 0.1) is 0 Å². The molecule has 0 heterocycles. The number of hydrogen-bond donors (Lipinski definition) is 1. The summed E-state index contributed by atoms with van der Waals surface area (Å²) in [6.45, 7) is 6.40. The molecule has 0 spiro atoms. The molecule has 2 unspecified atom stereocenters. The van der Waals surface area contributed by atoms with Crippen LogP contribution in [-0.4, -0.2) is 31.8 Å². The molecule has 0 bridgehead atoms. The molecule has 0 aliphatic carbocycles. The average molecular weight is 300 g/mol. The van der Waals surface area contributed by atoms with Gasteiger partial charge in [-0.25, -0.2) is 0 Å². The van der Waals surface area contributed by atoms with Gasteiger partial charge in [0.05, 0.1) is 19.8 Å². The SMILES string of the molecule is CCO[P+](=O)C(CCCN)P(=O)(OCC)OCC. The molecule has 6 nitrogen and oxygen atoms in total. The van der Waals surface area contributed by atoms with Gasteiger partial charge in [-0.05, 0) is 38.3 Å². The maximum absolute atomic E-state index is 12.6. The summed E-state index contributed by atoms with van der Waals surface area (Å²) in [7, 11) is -5.49. The molecular weight excluding hydrogens is 276 g/mol. The topological polar surface area (TPSA) is 87.9 Å². The van der Waals surface area contributed by atoms with Crippen molar-refractivity contribution in [1.29, 1.82) is 0 Å². The fourth-order valence-electron chi connectivity index (χ4n) is 1.46. The highest BCUT2D eigenvalue weighted by molar-refractivity contribution is 7.67. The first-order valence-corrected chi connectivity index (χ1v) is 9.09. The zero-order valence-corrected chi connectivity index (χ0v) is 13.1. The van der Waals surface area contributed by atoms with Gasteiger partial charge in [0.25, 0.3) is 5.40 Å². The lowest BCUT2D eigenvalue weighted by atomic mass is 10.3. The minimum atomic E-state index is -3.41. The second kappa shape index (κ2) is 10.0. The summed E-state index contributed by atoms with van der Waals surface area (Å²) in [6.07, 6.45) is 1.01. The molecule has 2 N–H and O–H groups in total. The van der Waals surface area contributed by atoms with Crippen molar-refractivity contribution in [3.05, 3.63) is 0 Å². The van der Waals surface area contributed by atoms with Crippen LogP contribution in [0.4, 0.5) is 0 Å². The van der Waals surface area contributed by atoms with Crippen LogP contribution in [0.5, 0.6) is 0 Å². The molecule has 0 aliphatic rings. The van der Waals surface area contributed by atoms with E-state index in [1.54, 1.807) is 20.8 Å². The number of rotatable bonds is 11. The van der Waals surface area contributed by atoms with Gasteiger partial charge in [-0.2, -0.15) is 0 Å². The third-order valence-corrected chi connectivity index (χ3v) is 7.05. The maximum atomic E-state index is 12.6. The lowest BCUT2D eigenvalue weighted by molar-refractivity contribution is 0.214. The van der Waals surface area contributed by atoms with Crippen LogP contribution in [0.2, 0.25) is 0 Å². The highest BCUT2D eigenvalue weighted by Gasteiger charge is 2.50. The Morgan fingerprint density at radius 1 is 1.17 bits per heavy atom. The molecule has 0 fully saturated rings. The average Bonchev–Trinajstić information content (AvgIpc) is 2.30. The summed E-state index contributed by atoms with van der Waals surface area (Å²) in [5, 5.41) is -0.740. The highest BCUT2D eigenvalue weighted by atomic mass is 31.2. The van der Waals surface area contributed by atoms with E-state index in [1.165, 1.54) is 0 Å². The summed E-state index contributed by atoms with van der Waals surface area (Å²) < 4.78 is 40.1. The number of nitrogens with two attached hydrogens (primary N) is 1. The smallest absolute Gasteiger partial charge is 0.330 e. The largest absolute Gasteiger partial charge is 0.524 e. The van der Waals surface area contributed by atoms with E-state index in [-0.39, 0.29) is 13.2 Å². The third-order valence-electron chi connectivity index (χ3n) is 2.15. The molecule has 0 amide bonds. The van der Waals surface area contributed by atoms with Gasteiger partial charge in [0.2, 0.25) is 0 Å². The van der Waals surface area contributed by atoms with Crippen molar-refractivity contribution in [3.63, 3.8) is 0 Å². The Bertz CT molecular complexity index is 277. The minimum absolute atomic E-state index is 0.242. The van der Waals surface area contributed by atoms with E-state index in [0.29, 0.717) is 26.0 Å². The quantitative estimate of drug-likeness (QED) is 0.590. The van der Waals surface area contributed by atoms with E-state index < -0.39 is 21.0 Å². The van der Waals surface area contributed by atoms with Crippen molar-refractivity contribution in [3.8, 4) is 0 Å². The van der Waals surface area contributed by atoms with Crippen molar-refractivity contribution in [2.75, 3.05) is 26.4 Å². The summed E-state index contributed by atoms with van der Waals surface area (Å²) in [4.78, 5) is 0. The molecule has 0 saturated heterocycles. The van der Waals surface area contributed by atoms with Crippen molar-refractivity contribution >= 4 is 15.6 Å². The summed E-state index contributed by atoms with van der Waals surface area (Å²) in [5.41, 5.74) is 5.44. The van der Waals surface area contributed by atoms with Crippen molar-refractivity contribution in [2.45, 2.75) is 39.0 Å². The van der Waals surface area contributed by atoms with Crippen LogP contribution in [-0.2, 0) is 22.7 Å². The predicted molar refractivity (Wildman–Crippen MR) is 72.2 cm³/mol. The molecule has 0 rings (SSSR count). The molecule has 8 heteroatoms. The second-order valence-electron chi connectivity index (χ2n) is 3.49. The van der Waals surface area contributed by atoms with Gasteiger partial charge < -0.3 is 14.8 Å². The van der Waals surface area contributed by atoms with Crippen molar-refractivity contribution < 1.29 is 22.7 Å². The first-order chi connectivity index (χ1) is 8.55. The number of hydrogen-bond acceptors (Lipinski definition) is 6. The Morgan fingerprint density at radius 3 is 2.11 bits per heavy atom. The maximum Gasteiger partial charge on any atom is 0.524 e. The molecule has 108 valence electrons. The first kappa shape index (κ1) is 18.2. The van der Waals surface area contributed by atoms with Gasteiger partial charge in [-0.1, -0.05) is 0 Å². The molecule has 0 saturated carbocycles. The Labute approximate surface area is 110 Å². The fraction of sp³-hybridized carbons (Fsp3) is 1.00. The standard InChI is InChI=1S/C10H24NO5P2/c1-4-14-17(12)10(8-7-9-11)18(13,15-5-2)16-6-3/h10H,4-9,11H2,1-3H3/q+1. The Kier molecular flexibility index (Phi) is 10.1. The molecule has 0 aromatic rings. The van der Waals surface area contributed by atoms with Crippen molar-refractivity contribution in [1.82, 2.24) is 0 Å². The molecule has 0 aliphatic heterocycles. The Morgan fingerprint density at radius 2 is 1.72 bits per heavy atom. The van der Waals surface area contributed by atoms with E-state index in [9.17, 15) is 9.13 Å². The van der Waals surface area contributed by atoms with Gasteiger partial charge in [0, 0.05) is 6.42 Å². The van der Waals surface area contributed by atoms with Crippen LogP contribution in [0.25, 0.3) is 0 Å². The molecule has 0 aromatic heterocycles. The summed E-state index contributed by atoms with van der Waals surface area (Å²) in [5.74, 6) is 0. The molecule has 0 radical (unpaired) electrons. The summed E-state index contributed by atoms with van der Waals surface area (Å²) >= 11 is 0. The normalized spacial score (nSPS) is 14.6. The van der Waals surface area contributed by atoms with Gasteiger partial charge in [-0.15, -0.1) is 4.52 Å². The van der Waals surface area contributed by atoms with Crippen LogP contribution in [0.15, 0.2) is 0 Å². The molecule has 0 aromatic carbocycles. The Hall–Kier alpha value is 0.170. The van der Waals surface area contributed by atoms with Gasteiger partial charge >= 0.3 is 15.6 Å². The fourth-order valence-corrected chi connectivity index (χ4v) is 5.44. The van der Waals surface area contributed by atoms with E-state index in [0.717, 1.165) is 0 Å². The van der Waals surface area contributed by atoms with E-state index in [2.05, 4.69) is 0 Å². The lowest BCUT2D eigenvalue weighted by Gasteiger charge is -2.18. The predicted octanol–water partition coefficient (Wildman–Crippen LogP) is 3.10. The molecule has 18 heavy (non-hydrogen) atoms. The van der Waals surface area contributed by atoms with E-state index >= 15 is 0 Å². The van der Waals surface area contributed by atoms with Crippen molar-refractivity contribution in [2.24, 2.45) is 5.73 Å². The first-order valence-electron chi connectivity index (χ1n) is 6.23. The highest BCUT2D eigenvalue weighted by Crippen LogP contribution is 2.62. The van der Waals surface area contributed by atoms with Gasteiger partial charge in [0.1, 0.15) is 0 Å². The summed E-state index contributed by atoms with van der Waals surface area (Å²) in [6, 6.07) is 0. The molecular formula is C10H24NO5P2+. The lowest BCUT2D eigenvalue weighted by Crippen LogP contribution is -2.13. The van der Waals surface area contributed by atoms with Gasteiger partial charge in [-0.3, -0.25) is 4.57 Å². The Balaban J connectivity index is 4.96. The minimum Gasteiger partial charge on any atom is -0.330 e. The zero-order valence-electron chi connectivity index (χ0n) is 11.3. The zero-order chi connectivity index (χ0) is 14.0. The monoisotopic (exact) mass is 300 g/mol. The third kappa shape index (κ3) is 5.87. The van der Waals surface area contributed by atoms with E-state index in [4.69, 9.17) is 19.3 Å². The molecule has 2 atom stereocenters. The van der Waals surface area contributed by atoms with Crippen LogP contribution < -0.4 is 5.73 Å². The van der Waals surface area contributed by atoms with Crippen LogP contribution >= 0.6 is 15.6 Å².